The van der Waals surface area contributed by atoms with Crippen molar-refractivity contribution in [1.82, 2.24) is 9.66 Å². The van der Waals surface area contributed by atoms with Gasteiger partial charge in [-0.15, -0.1) is 0 Å². The van der Waals surface area contributed by atoms with Crippen LogP contribution < -0.4 is 21.1 Å². The molecule has 1 aromatic heterocycles. The molecule has 0 saturated heterocycles. The van der Waals surface area contributed by atoms with Gasteiger partial charge in [-0.05, 0) is 25.0 Å². The number of aromatic nitrogens is 2. The smallest absolute Gasteiger partial charge is 0.150 e. The van der Waals surface area contributed by atoms with E-state index in [1.807, 2.05) is 12.1 Å². The van der Waals surface area contributed by atoms with E-state index >= 15 is 0 Å². The van der Waals surface area contributed by atoms with Crippen LogP contribution in [0.25, 0.3) is 11.3 Å². The van der Waals surface area contributed by atoms with Crippen LogP contribution in [0.1, 0.15) is 24.6 Å². The fraction of sp³-hybridized carbons (Fsp3) is 0.357. The van der Waals surface area contributed by atoms with Crippen molar-refractivity contribution in [3.63, 3.8) is 0 Å². The number of hydrogen-bond donors (Lipinski definition) is 2. The van der Waals surface area contributed by atoms with E-state index < -0.39 is 0 Å². The first kappa shape index (κ1) is 12.7. The molecule has 1 aliphatic rings. The van der Waals surface area contributed by atoms with E-state index in [-0.39, 0.29) is 0 Å². The molecule has 0 radical (unpaired) electrons. The molecule has 6 heteroatoms. The summed E-state index contributed by atoms with van der Waals surface area (Å²) in [6.07, 6.45) is 2.24. The van der Waals surface area contributed by atoms with Crippen LogP contribution in [0.5, 0.6) is 11.5 Å². The second-order valence-corrected chi connectivity index (χ2v) is 4.95. The minimum atomic E-state index is 0.434. The highest BCUT2D eigenvalue weighted by atomic mass is 16.5. The Labute approximate surface area is 117 Å². The van der Waals surface area contributed by atoms with Crippen LogP contribution in [0.2, 0.25) is 0 Å². The van der Waals surface area contributed by atoms with E-state index in [0.29, 0.717) is 28.9 Å². The Balaban J connectivity index is 2.10. The summed E-state index contributed by atoms with van der Waals surface area (Å²) in [5.41, 5.74) is 7.59. The van der Waals surface area contributed by atoms with Crippen LogP contribution in [0.15, 0.2) is 18.2 Å². The number of rotatable bonds is 4. The number of methoxy groups -OCH3 is 2. The minimum Gasteiger partial charge on any atom is -0.497 e. The minimum absolute atomic E-state index is 0.434. The van der Waals surface area contributed by atoms with E-state index in [1.165, 1.54) is 4.68 Å². The van der Waals surface area contributed by atoms with Crippen LogP contribution in [-0.4, -0.2) is 23.9 Å². The van der Waals surface area contributed by atoms with Crippen LogP contribution in [0, 0.1) is 0 Å². The summed E-state index contributed by atoms with van der Waals surface area (Å²) in [7, 11) is 3.22. The topological polar surface area (TPSA) is 88.3 Å². The number of imidazole rings is 1. The molecule has 1 aliphatic carbocycles. The maximum absolute atomic E-state index is 6.08. The number of hydrogen-bond acceptors (Lipinski definition) is 5. The third-order valence-electron chi connectivity index (χ3n) is 3.54. The summed E-state index contributed by atoms with van der Waals surface area (Å²) in [6.45, 7) is 0. The molecule has 0 amide bonds. The number of nitrogen functional groups attached to an aromatic ring is 2. The molecule has 1 saturated carbocycles. The lowest BCUT2D eigenvalue weighted by Crippen LogP contribution is -2.14. The second kappa shape index (κ2) is 4.63. The van der Waals surface area contributed by atoms with Crippen LogP contribution >= 0.6 is 0 Å². The number of anilines is 1. The Hall–Kier alpha value is -2.37. The van der Waals surface area contributed by atoms with Gasteiger partial charge in [-0.3, -0.25) is 0 Å². The van der Waals surface area contributed by atoms with E-state index in [4.69, 9.17) is 21.1 Å². The zero-order chi connectivity index (χ0) is 14.3. The van der Waals surface area contributed by atoms with Gasteiger partial charge in [-0.1, -0.05) is 0 Å². The summed E-state index contributed by atoms with van der Waals surface area (Å²) >= 11 is 0. The molecule has 0 spiro atoms. The molecule has 2 aromatic rings. The fourth-order valence-corrected chi connectivity index (χ4v) is 2.25. The highest BCUT2D eigenvalue weighted by molar-refractivity contribution is 5.73. The average molecular weight is 274 g/mol. The van der Waals surface area contributed by atoms with Crippen molar-refractivity contribution in [1.29, 1.82) is 0 Å². The first-order valence-corrected chi connectivity index (χ1v) is 6.50. The SMILES string of the molecule is COc1cc(OC)cc(-c2nc(C3CC3)n(N)c2N)c1. The summed E-state index contributed by atoms with van der Waals surface area (Å²) in [5, 5.41) is 0. The normalized spacial score (nSPS) is 14.3. The van der Waals surface area contributed by atoms with Crippen molar-refractivity contribution in [3.8, 4) is 22.8 Å². The van der Waals surface area contributed by atoms with Gasteiger partial charge in [-0.25, -0.2) is 9.66 Å². The van der Waals surface area contributed by atoms with Crippen LogP contribution in [0.3, 0.4) is 0 Å². The molecule has 0 bridgehead atoms. The maximum Gasteiger partial charge on any atom is 0.150 e. The third-order valence-corrected chi connectivity index (χ3v) is 3.54. The van der Waals surface area contributed by atoms with Gasteiger partial charge in [-0.2, -0.15) is 0 Å². The van der Waals surface area contributed by atoms with E-state index in [1.54, 1.807) is 20.3 Å². The molecule has 1 aromatic carbocycles. The van der Waals surface area contributed by atoms with Crippen LogP contribution in [-0.2, 0) is 0 Å². The Kier molecular flexibility index (Phi) is 2.93. The van der Waals surface area contributed by atoms with Crippen molar-refractivity contribution in [2.45, 2.75) is 18.8 Å². The van der Waals surface area contributed by atoms with Gasteiger partial charge < -0.3 is 21.1 Å². The van der Waals surface area contributed by atoms with Gasteiger partial charge in [0.1, 0.15) is 23.0 Å². The van der Waals surface area contributed by atoms with Gasteiger partial charge in [0.2, 0.25) is 0 Å². The highest BCUT2D eigenvalue weighted by Gasteiger charge is 2.30. The monoisotopic (exact) mass is 274 g/mol. The van der Waals surface area contributed by atoms with Gasteiger partial charge in [0.25, 0.3) is 0 Å². The number of benzene rings is 1. The van der Waals surface area contributed by atoms with Gasteiger partial charge >= 0.3 is 0 Å². The quantitative estimate of drug-likeness (QED) is 0.829. The Morgan fingerprint density at radius 1 is 1.15 bits per heavy atom. The molecule has 20 heavy (non-hydrogen) atoms. The molecular weight excluding hydrogens is 256 g/mol. The van der Waals surface area contributed by atoms with Crippen molar-refractivity contribution < 1.29 is 9.47 Å². The molecule has 0 atom stereocenters. The predicted molar refractivity (Wildman–Crippen MR) is 77.3 cm³/mol. The molecule has 0 aliphatic heterocycles. The lowest BCUT2D eigenvalue weighted by molar-refractivity contribution is 0.394. The molecule has 4 N–H and O–H groups in total. The molecule has 3 rings (SSSR count). The molecule has 0 unspecified atom stereocenters. The predicted octanol–water partition coefficient (Wildman–Crippen LogP) is 1.74. The number of nitrogens with two attached hydrogens (primary N) is 2. The van der Waals surface area contributed by atoms with Crippen molar-refractivity contribution in [2.75, 3.05) is 25.8 Å². The number of ether oxygens (including phenoxy) is 2. The van der Waals surface area contributed by atoms with Gasteiger partial charge in [0.15, 0.2) is 5.82 Å². The maximum atomic E-state index is 6.08. The van der Waals surface area contributed by atoms with Crippen molar-refractivity contribution in [3.05, 3.63) is 24.0 Å². The second-order valence-electron chi connectivity index (χ2n) is 4.95. The van der Waals surface area contributed by atoms with Crippen molar-refractivity contribution >= 4 is 5.82 Å². The van der Waals surface area contributed by atoms with Gasteiger partial charge in [0, 0.05) is 17.5 Å². The summed E-state index contributed by atoms with van der Waals surface area (Å²) in [6, 6.07) is 5.55. The molecule has 106 valence electrons. The lowest BCUT2D eigenvalue weighted by Gasteiger charge is -2.07. The zero-order valence-corrected chi connectivity index (χ0v) is 11.6. The highest BCUT2D eigenvalue weighted by Crippen LogP contribution is 2.42. The van der Waals surface area contributed by atoms with Crippen LogP contribution in [0.4, 0.5) is 5.82 Å². The third kappa shape index (κ3) is 2.03. The molecule has 6 nitrogen and oxygen atoms in total. The average Bonchev–Trinajstić information content (AvgIpc) is 3.27. The summed E-state index contributed by atoms with van der Waals surface area (Å²) < 4.78 is 12.0. The summed E-state index contributed by atoms with van der Waals surface area (Å²) in [5.74, 6) is 9.12. The summed E-state index contributed by atoms with van der Waals surface area (Å²) in [4.78, 5) is 4.59. The fourth-order valence-electron chi connectivity index (χ4n) is 2.25. The Bertz CT molecular complexity index is 625. The largest absolute Gasteiger partial charge is 0.497 e. The van der Waals surface area contributed by atoms with E-state index in [9.17, 15) is 0 Å². The molecular formula is C14H18N4O2. The first-order valence-electron chi connectivity index (χ1n) is 6.50. The lowest BCUT2D eigenvalue weighted by atomic mass is 10.1. The Morgan fingerprint density at radius 2 is 1.75 bits per heavy atom. The Morgan fingerprint density at radius 3 is 2.25 bits per heavy atom. The standard InChI is InChI=1S/C14H18N4O2/c1-19-10-5-9(6-11(7-10)20-2)12-13(15)18(16)14(17-12)8-3-4-8/h5-8H,3-4,15-16H2,1-2H3. The molecule has 1 heterocycles. The molecule has 1 fully saturated rings. The first-order chi connectivity index (χ1) is 9.63. The zero-order valence-electron chi connectivity index (χ0n) is 11.6. The van der Waals surface area contributed by atoms with E-state index in [0.717, 1.165) is 24.2 Å². The van der Waals surface area contributed by atoms with E-state index in [2.05, 4.69) is 4.98 Å². The van der Waals surface area contributed by atoms with Gasteiger partial charge in [0.05, 0.1) is 14.2 Å². The number of nitrogens with zero attached hydrogens (tertiary/aromatic N) is 2. The van der Waals surface area contributed by atoms with Crippen molar-refractivity contribution in [2.24, 2.45) is 0 Å².